The molecule has 0 bridgehead atoms. The summed E-state index contributed by atoms with van der Waals surface area (Å²) >= 11 is 0. The van der Waals surface area contributed by atoms with Gasteiger partial charge in [-0.25, -0.2) is 0 Å². The summed E-state index contributed by atoms with van der Waals surface area (Å²) in [5.41, 5.74) is 3.35. The second-order valence-corrected chi connectivity index (χ2v) is 6.60. The van der Waals surface area contributed by atoms with Crippen LogP contribution in [0.5, 0.6) is 0 Å². The van der Waals surface area contributed by atoms with Crippen molar-refractivity contribution in [1.82, 2.24) is 0 Å². The zero-order valence-corrected chi connectivity index (χ0v) is 15.3. The minimum Gasteiger partial charge on any atom is -0.322 e. The van der Waals surface area contributed by atoms with Gasteiger partial charge in [0, 0.05) is 41.5 Å². The van der Waals surface area contributed by atoms with Gasteiger partial charge in [0.15, 0.2) is 0 Å². The van der Waals surface area contributed by atoms with Crippen molar-refractivity contribution in [3.05, 3.63) is 63.2 Å². The largest absolute Gasteiger partial charge is 0.322 e. The zero-order valence-electron chi connectivity index (χ0n) is 15.3. The fraction of sp³-hybridized carbons (Fsp3) is 0.300. The van der Waals surface area contributed by atoms with Crippen molar-refractivity contribution >= 4 is 28.9 Å². The summed E-state index contributed by atoms with van der Waals surface area (Å²) in [5, 5.41) is 13.7. The lowest BCUT2D eigenvalue weighted by atomic mass is 10.00. The number of nitro groups is 1. The molecule has 7 heteroatoms. The molecule has 0 aliphatic carbocycles. The number of anilines is 2. The van der Waals surface area contributed by atoms with Crippen LogP contribution in [0.25, 0.3) is 0 Å². The molecule has 1 aliphatic heterocycles. The lowest BCUT2D eigenvalue weighted by Gasteiger charge is -2.29. The highest BCUT2D eigenvalue weighted by Crippen LogP contribution is 2.30. The average Bonchev–Trinajstić information content (AvgIpc) is 2.63. The number of fused-ring (bicyclic) bond motifs is 1. The number of nitrogens with one attached hydrogen (secondary N) is 1. The van der Waals surface area contributed by atoms with E-state index in [1.807, 2.05) is 19.1 Å². The summed E-state index contributed by atoms with van der Waals surface area (Å²) in [6.07, 6.45) is 1.99. The maximum absolute atomic E-state index is 12.5. The molecule has 1 heterocycles. The van der Waals surface area contributed by atoms with Crippen LogP contribution in [0.1, 0.15) is 41.3 Å². The van der Waals surface area contributed by atoms with Crippen molar-refractivity contribution in [2.45, 2.75) is 33.1 Å². The quantitative estimate of drug-likeness (QED) is 0.642. The Morgan fingerprint density at radius 2 is 2.00 bits per heavy atom. The first kappa shape index (κ1) is 18.6. The van der Waals surface area contributed by atoms with E-state index in [-0.39, 0.29) is 17.5 Å². The Morgan fingerprint density at radius 3 is 2.67 bits per heavy atom. The molecule has 0 atom stereocenters. The summed E-state index contributed by atoms with van der Waals surface area (Å²) < 4.78 is 0. The van der Waals surface area contributed by atoms with Gasteiger partial charge < -0.3 is 10.2 Å². The van der Waals surface area contributed by atoms with Crippen LogP contribution in [0, 0.1) is 17.0 Å². The molecule has 3 rings (SSSR count). The average molecular weight is 367 g/mol. The summed E-state index contributed by atoms with van der Waals surface area (Å²) in [7, 11) is 0. The molecule has 140 valence electrons. The molecule has 0 saturated heterocycles. The standard InChI is InChI=1S/C20H21N3O4/c1-3-10-22-18-8-6-16(12-14(18)5-9-19(22)24)21-20(25)15-4-7-17(23(26)27)13(2)11-15/h4,6-8,11-12H,3,5,9-10H2,1-2H3,(H,21,25). The molecule has 0 unspecified atom stereocenters. The minimum absolute atomic E-state index is 0.0130. The van der Waals surface area contributed by atoms with E-state index in [1.54, 1.807) is 17.9 Å². The van der Waals surface area contributed by atoms with Crippen LogP contribution < -0.4 is 10.2 Å². The molecule has 2 amide bonds. The van der Waals surface area contributed by atoms with Crippen LogP contribution in [-0.2, 0) is 11.2 Å². The zero-order chi connectivity index (χ0) is 19.6. The van der Waals surface area contributed by atoms with E-state index in [0.29, 0.717) is 36.2 Å². The van der Waals surface area contributed by atoms with E-state index in [0.717, 1.165) is 17.7 Å². The van der Waals surface area contributed by atoms with Crippen LogP contribution >= 0.6 is 0 Å². The molecule has 0 radical (unpaired) electrons. The Morgan fingerprint density at radius 1 is 1.22 bits per heavy atom. The van der Waals surface area contributed by atoms with Crippen molar-refractivity contribution in [1.29, 1.82) is 0 Å². The van der Waals surface area contributed by atoms with Crippen LogP contribution in [0.4, 0.5) is 17.1 Å². The topological polar surface area (TPSA) is 92.6 Å². The van der Waals surface area contributed by atoms with Gasteiger partial charge in [0.25, 0.3) is 11.6 Å². The number of nitro benzene ring substituents is 1. The van der Waals surface area contributed by atoms with E-state index in [4.69, 9.17) is 0 Å². The fourth-order valence-corrected chi connectivity index (χ4v) is 3.31. The maximum Gasteiger partial charge on any atom is 0.272 e. The second-order valence-electron chi connectivity index (χ2n) is 6.60. The molecular weight excluding hydrogens is 346 g/mol. The fourth-order valence-electron chi connectivity index (χ4n) is 3.31. The number of carbonyl (C=O) groups is 2. The predicted octanol–water partition coefficient (Wildman–Crippen LogP) is 3.84. The smallest absolute Gasteiger partial charge is 0.272 e. The first-order chi connectivity index (χ1) is 12.9. The Bertz CT molecular complexity index is 923. The van der Waals surface area contributed by atoms with Crippen molar-refractivity contribution < 1.29 is 14.5 Å². The molecule has 27 heavy (non-hydrogen) atoms. The van der Waals surface area contributed by atoms with Gasteiger partial charge in [-0.2, -0.15) is 0 Å². The summed E-state index contributed by atoms with van der Waals surface area (Å²) in [6.45, 7) is 4.31. The van der Waals surface area contributed by atoms with Crippen LogP contribution in [0.3, 0.4) is 0 Å². The van der Waals surface area contributed by atoms with Crippen LogP contribution in [0.15, 0.2) is 36.4 Å². The predicted molar refractivity (Wildman–Crippen MR) is 103 cm³/mol. The number of benzene rings is 2. The molecule has 1 aliphatic rings. The highest BCUT2D eigenvalue weighted by molar-refractivity contribution is 6.05. The van der Waals surface area contributed by atoms with Crippen molar-refractivity contribution in [3.63, 3.8) is 0 Å². The third-order valence-electron chi connectivity index (χ3n) is 4.64. The van der Waals surface area contributed by atoms with Gasteiger partial charge in [-0.1, -0.05) is 6.92 Å². The lowest BCUT2D eigenvalue weighted by Crippen LogP contribution is -2.35. The normalized spacial score (nSPS) is 13.3. The van der Waals surface area contributed by atoms with Crippen LogP contribution in [-0.4, -0.2) is 23.3 Å². The van der Waals surface area contributed by atoms with Gasteiger partial charge in [-0.15, -0.1) is 0 Å². The third kappa shape index (κ3) is 3.81. The summed E-state index contributed by atoms with van der Waals surface area (Å²) in [6, 6.07) is 9.81. The van der Waals surface area contributed by atoms with E-state index < -0.39 is 4.92 Å². The van der Waals surface area contributed by atoms with Gasteiger partial charge in [0.05, 0.1) is 4.92 Å². The van der Waals surface area contributed by atoms with Gasteiger partial charge in [0.1, 0.15) is 0 Å². The van der Waals surface area contributed by atoms with Crippen molar-refractivity contribution in [2.24, 2.45) is 0 Å². The van der Waals surface area contributed by atoms with Gasteiger partial charge in [-0.3, -0.25) is 19.7 Å². The highest BCUT2D eigenvalue weighted by atomic mass is 16.6. The SMILES string of the molecule is CCCN1C(=O)CCc2cc(NC(=O)c3ccc([N+](=O)[O-])c(C)c3)ccc21. The molecule has 7 nitrogen and oxygen atoms in total. The first-order valence-electron chi connectivity index (χ1n) is 8.90. The Kier molecular flexibility index (Phi) is 5.21. The molecule has 0 aromatic heterocycles. The number of hydrogen-bond donors (Lipinski definition) is 1. The van der Waals surface area contributed by atoms with Crippen molar-refractivity contribution in [3.8, 4) is 0 Å². The maximum atomic E-state index is 12.5. The summed E-state index contributed by atoms with van der Waals surface area (Å²) in [5.74, 6) is -0.201. The Balaban J connectivity index is 1.80. The van der Waals surface area contributed by atoms with Gasteiger partial charge in [0.2, 0.25) is 5.91 Å². The van der Waals surface area contributed by atoms with E-state index >= 15 is 0 Å². The minimum atomic E-state index is -0.468. The van der Waals surface area contributed by atoms with E-state index in [9.17, 15) is 19.7 Å². The number of amides is 2. The molecule has 0 spiro atoms. The van der Waals surface area contributed by atoms with Crippen molar-refractivity contribution in [2.75, 3.05) is 16.8 Å². The van der Waals surface area contributed by atoms with Gasteiger partial charge >= 0.3 is 0 Å². The number of carbonyl (C=O) groups excluding carboxylic acids is 2. The third-order valence-corrected chi connectivity index (χ3v) is 4.64. The van der Waals surface area contributed by atoms with E-state index in [1.165, 1.54) is 18.2 Å². The first-order valence-corrected chi connectivity index (χ1v) is 8.90. The Labute approximate surface area is 157 Å². The Hall–Kier alpha value is -3.22. The molecule has 2 aromatic carbocycles. The number of hydrogen-bond acceptors (Lipinski definition) is 4. The van der Waals surface area contributed by atoms with E-state index in [2.05, 4.69) is 5.32 Å². The van der Waals surface area contributed by atoms with Gasteiger partial charge in [-0.05, 0) is 55.7 Å². The molecule has 2 aromatic rings. The monoisotopic (exact) mass is 367 g/mol. The molecular formula is C20H21N3O4. The highest BCUT2D eigenvalue weighted by Gasteiger charge is 2.23. The molecule has 0 fully saturated rings. The molecule has 0 saturated carbocycles. The second kappa shape index (κ2) is 7.57. The number of rotatable bonds is 5. The van der Waals surface area contributed by atoms with Crippen LogP contribution in [0.2, 0.25) is 0 Å². The number of aryl methyl sites for hydroxylation is 2. The summed E-state index contributed by atoms with van der Waals surface area (Å²) in [4.78, 5) is 36.8. The molecule has 1 N–H and O–H groups in total. The lowest BCUT2D eigenvalue weighted by molar-refractivity contribution is -0.385. The number of nitrogens with zero attached hydrogens (tertiary/aromatic N) is 2.